The highest BCUT2D eigenvalue weighted by Crippen LogP contribution is 2.33. The van der Waals surface area contributed by atoms with Gasteiger partial charge in [-0.3, -0.25) is 4.79 Å². The lowest BCUT2D eigenvalue weighted by molar-refractivity contribution is -0.124. The van der Waals surface area contributed by atoms with E-state index in [9.17, 15) is 14.4 Å². The number of piperidine rings is 1. The van der Waals surface area contributed by atoms with Gasteiger partial charge in [-0.25, -0.2) is 9.59 Å². The maximum absolute atomic E-state index is 13.1. The second kappa shape index (κ2) is 16.1. The van der Waals surface area contributed by atoms with Crippen molar-refractivity contribution >= 4 is 29.7 Å². The van der Waals surface area contributed by atoms with Gasteiger partial charge in [-0.2, -0.15) is 0 Å². The molecule has 5 N–H and O–H groups in total. The predicted molar refractivity (Wildman–Crippen MR) is 155 cm³/mol. The smallest absolute Gasteiger partial charge is 0.407 e. The van der Waals surface area contributed by atoms with Crippen LogP contribution in [-0.4, -0.2) is 80.3 Å². The van der Waals surface area contributed by atoms with E-state index >= 15 is 0 Å². The lowest BCUT2D eigenvalue weighted by atomic mass is 9.86. The Morgan fingerprint density at radius 1 is 1.20 bits per heavy atom. The summed E-state index contributed by atoms with van der Waals surface area (Å²) < 4.78 is 17.2. The fourth-order valence-corrected chi connectivity index (χ4v) is 5.50. The number of benzene rings is 1. The lowest BCUT2D eigenvalue weighted by Crippen LogP contribution is -2.53. The number of ether oxygens (including phenoxy) is 3. The van der Waals surface area contributed by atoms with E-state index in [-0.39, 0.29) is 43.2 Å². The van der Waals surface area contributed by atoms with E-state index in [1.54, 1.807) is 6.07 Å². The van der Waals surface area contributed by atoms with Crippen LogP contribution in [0.2, 0.25) is 5.02 Å². The first-order valence-corrected chi connectivity index (χ1v) is 14.8. The summed E-state index contributed by atoms with van der Waals surface area (Å²) in [6, 6.07) is 6.79. The zero-order chi connectivity index (χ0) is 29.8. The van der Waals surface area contributed by atoms with Gasteiger partial charge in [0.15, 0.2) is 0 Å². The second-order valence-electron chi connectivity index (χ2n) is 11.8. The normalized spacial score (nSPS) is 22.7. The Kier molecular flexibility index (Phi) is 13.0. The summed E-state index contributed by atoms with van der Waals surface area (Å²) in [6.07, 6.45) is 2.12. The zero-order valence-corrected chi connectivity index (χ0v) is 25.0. The van der Waals surface area contributed by atoms with Gasteiger partial charge in [0.2, 0.25) is 5.91 Å². The Hall–Kier alpha value is -2.60. The summed E-state index contributed by atoms with van der Waals surface area (Å²) in [7, 11) is 0. The molecule has 12 heteroatoms. The Morgan fingerprint density at radius 2 is 2.00 bits per heavy atom. The molecule has 2 saturated heterocycles. The third kappa shape index (κ3) is 12.0. The Morgan fingerprint density at radius 3 is 2.63 bits per heavy atom. The van der Waals surface area contributed by atoms with Crippen molar-refractivity contribution in [2.45, 2.75) is 76.7 Å². The Bertz CT molecular complexity index is 992. The van der Waals surface area contributed by atoms with E-state index in [2.05, 4.69) is 21.3 Å². The van der Waals surface area contributed by atoms with Gasteiger partial charge in [0.25, 0.3) is 0 Å². The largest absolute Gasteiger partial charge is 0.465 e. The van der Waals surface area contributed by atoms with Gasteiger partial charge in [-0.15, -0.1) is 0 Å². The molecule has 3 unspecified atom stereocenters. The van der Waals surface area contributed by atoms with E-state index in [4.69, 9.17) is 30.9 Å². The summed E-state index contributed by atoms with van der Waals surface area (Å²) in [5.74, 6) is 0.253. The second-order valence-corrected chi connectivity index (χ2v) is 12.2. The maximum atomic E-state index is 13.1. The van der Waals surface area contributed by atoms with Crippen LogP contribution >= 0.6 is 11.6 Å². The van der Waals surface area contributed by atoms with E-state index < -0.39 is 17.8 Å². The highest BCUT2D eigenvalue weighted by molar-refractivity contribution is 6.30. The molecule has 2 heterocycles. The molecule has 230 valence electrons. The molecule has 5 atom stereocenters. The van der Waals surface area contributed by atoms with Gasteiger partial charge < -0.3 is 40.6 Å². The molecular formula is C29H45ClN4O7. The fraction of sp³-hybridized carbons (Fsp3) is 0.690. The van der Waals surface area contributed by atoms with Crippen molar-refractivity contribution in [2.24, 2.45) is 11.8 Å². The van der Waals surface area contributed by atoms with Gasteiger partial charge in [-0.1, -0.05) is 23.7 Å². The van der Waals surface area contributed by atoms with E-state index in [0.29, 0.717) is 43.5 Å². The van der Waals surface area contributed by atoms with E-state index in [1.807, 2.05) is 39.0 Å². The topological polar surface area (TPSA) is 147 Å². The zero-order valence-electron chi connectivity index (χ0n) is 24.2. The average molecular weight is 597 g/mol. The summed E-state index contributed by atoms with van der Waals surface area (Å²) in [5.41, 5.74) is 0.290. The lowest BCUT2D eigenvalue weighted by Gasteiger charge is -2.35. The van der Waals surface area contributed by atoms with Gasteiger partial charge in [0.1, 0.15) is 5.60 Å². The molecule has 2 fully saturated rings. The maximum Gasteiger partial charge on any atom is 0.407 e. The van der Waals surface area contributed by atoms with Gasteiger partial charge in [0, 0.05) is 49.8 Å². The summed E-state index contributed by atoms with van der Waals surface area (Å²) in [6.45, 7) is 8.06. The minimum Gasteiger partial charge on any atom is -0.465 e. The molecule has 3 amide bonds. The van der Waals surface area contributed by atoms with Crippen molar-refractivity contribution in [3.63, 3.8) is 0 Å². The first-order valence-electron chi connectivity index (χ1n) is 14.4. The first-order chi connectivity index (χ1) is 19.5. The van der Waals surface area contributed by atoms with E-state index in [1.165, 1.54) is 0 Å². The van der Waals surface area contributed by atoms with Crippen LogP contribution in [0.5, 0.6) is 0 Å². The third-order valence-corrected chi connectivity index (χ3v) is 7.40. The van der Waals surface area contributed by atoms with Crippen LogP contribution in [0, 0.1) is 11.8 Å². The van der Waals surface area contributed by atoms with Crippen molar-refractivity contribution in [3.8, 4) is 0 Å². The molecule has 11 nitrogen and oxygen atoms in total. The van der Waals surface area contributed by atoms with Crippen molar-refractivity contribution in [3.05, 3.63) is 34.9 Å². The number of rotatable bonds is 12. The number of halogens is 1. The number of carboxylic acid groups (broad SMARTS) is 1. The summed E-state index contributed by atoms with van der Waals surface area (Å²) in [5, 5.41) is 21.1. The molecule has 0 aliphatic carbocycles. The molecular weight excluding hydrogens is 552 g/mol. The molecule has 1 aromatic carbocycles. The van der Waals surface area contributed by atoms with Crippen LogP contribution in [0.25, 0.3) is 0 Å². The molecule has 0 spiro atoms. The van der Waals surface area contributed by atoms with Crippen molar-refractivity contribution in [1.82, 2.24) is 21.3 Å². The molecule has 3 rings (SSSR count). The molecule has 0 saturated carbocycles. The van der Waals surface area contributed by atoms with Gasteiger partial charge in [-0.05, 0) is 76.5 Å². The summed E-state index contributed by atoms with van der Waals surface area (Å²) >= 11 is 6.22. The molecule has 0 aromatic heterocycles. The first kappa shape index (κ1) is 32.9. The number of hydrogen-bond donors (Lipinski definition) is 5. The standard InChI is InChI=1S/C29H45ClN4O7/c1-29(2,3)41-28(38)34-23(14-19-6-5-12-39-18-19)17-33-26(35)24-10-9-21(16-32-24)25(40-13-11-31-27(36)37)20-7-4-8-22(30)15-20/h4,7-8,15,19,21,23-25,31-32H,5-6,9-14,16-18H2,1-3H3,(H,33,35)(H,34,38)(H,36,37)/t19-,21?,23?,24-,25?/m1/s1. The quantitative estimate of drug-likeness (QED) is 0.229. The SMILES string of the molecule is CC(C)(C)OC(=O)NC(CNC(=O)[C@H]1CCC(C(OCCNC(=O)O)c2cccc(Cl)c2)CN1)C[C@H]1CCCOC1. The average Bonchev–Trinajstić information content (AvgIpc) is 2.91. The Balaban J connectivity index is 1.54. The van der Waals surface area contributed by atoms with Crippen molar-refractivity contribution in [2.75, 3.05) is 39.5 Å². The Labute approximate surface area is 247 Å². The number of hydrogen-bond acceptors (Lipinski definition) is 7. The predicted octanol–water partition coefficient (Wildman–Crippen LogP) is 3.86. The van der Waals surface area contributed by atoms with Crippen LogP contribution in [0.1, 0.15) is 64.5 Å². The minimum absolute atomic E-state index is 0.0650. The van der Waals surface area contributed by atoms with Crippen LogP contribution in [0.4, 0.5) is 9.59 Å². The monoisotopic (exact) mass is 596 g/mol. The molecule has 0 bridgehead atoms. The molecule has 41 heavy (non-hydrogen) atoms. The number of carbonyl (C=O) groups is 3. The minimum atomic E-state index is -1.10. The highest BCUT2D eigenvalue weighted by Gasteiger charge is 2.32. The van der Waals surface area contributed by atoms with Crippen LogP contribution in [0.15, 0.2) is 24.3 Å². The number of alkyl carbamates (subject to hydrolysis) is 1. The van der Waals surface area contributed by atoms with Crippen molar-refractivity contribution in [1.29, 1.82) is 0 Å². The number of nitrogens with one attached hydrogen (secondary N) is 4. The molecule has 2 aliphatic heterocycles. The fourth-order valence-electron chi connectivity index (χ4n) is 5.30. The number of amides is 3. The van der Waals surface area contributed by atoms with Crippen LogP contribution in [0.3, 0.4) is 0 Å². The third-order valence-electron chi connectivity index (χ3n) is 7.17. The highest BCUT2D eigenvalue weighted by atomic mass is 35.5. The molecule has 2 aliphatic rings. The summed E-state index contributed by atoms with van der Waals surface area (Å²) in [4.78, 5) is 36.4. The number of carbonyl (C=O) groups excluding carboxylic acids is 2. The van der Waals surface area contributed by atoms with Gasteiger partial charge >= 0.3 is 12.2 Å². The van der Waals surface area contributed by atoms with Crippen molar-refractivity contribution < 1.29 is 33.7 Å². The molecule has 0 radical (unpaired) electrons. The van der Waals surface area contributed by atoms with Crippen LogP contribution < -0.4 is 21.3 Å². The molecule has 1 aromatic rings. The van der Waals surface area contributed by atoms with E-state index in [0.717, 1.165) is 31.4 Å². The van der Waals surface area contributed by atoms with Gasteiger partial charge in [0.05, 0.1) is 18.8 Å². The van der Waals surface area contributed by atoms with Crippen LogP contribution in [-0.2, 0) is 19.0 Å².